The second-order valence-electron chi connectivity index (χ2n) is 7.65. The second-order valence-corrected chi connectivity index (χ2v) is 9.97. The lowest BCUT2D eigenvalue weighted by atomic mass is 10.2. The number of halogens is 1. The molecule has 10 nitrogen and oxygen atoms in total. The Labute approximate surface area is 219 Å². The van der Waals surface area contributed by atoms with Crippen LogP contribution < -0.4 is 24.5 Å². The monoisotopic (exact) mass is 544 g/mol. The normalized spacial score (nSPS) is 11.1. The van der Waals surface area contributed by atoms with Crippen LogP contribution in [0.25, 0.3) is 0 Å². The molecular formula is C25H25ClN4O6S. The highest BCUT2D eigenvalue weighted by atomic mass is 35.5. The fourth-order valence-corrected chi connectivity index (χ4v) is 4.17. The van der Waals surface area contributed by atoms with Crippen LogP contribution in [0.3, 0.4) is 0 Å². The van der Waals surface area contributed by atoms with E-state index in [-0.39, 0.29) is 23.2 Å². The van der Waals surface area contributed by atoms with Crippen LogP contribution in [0.4, 0.5) is 11.4 Å². The zero-order chi connectivity index (χ0) is 26.8. The molecule has 0 unspecified atom stereocenters. The molecule has 0 saturated carbocycles. The molecule has 0 aliphatic carbocycles. The topological polar surface area (TPSA) is 126 Å². The maximum atomic E-state index is 12.4. The van der Waals surface area contributed by atoms with E-state index in [4.69, 9.17) is 21.1 Å². The number of methoxy groups -OCH3 is 1. The summed E-state index contributed by atoms with van der Waals surface area (Å²) >= 11 is 6.09. The number of nitrogens with one attached hydrogen (secondary N) is 2. The standard InChI is InChI=1S/C25H25ClN4O6S/c1-35-23-13-10-20(14-22(23)26)30(37(2,33)34)16-24(31)29-27-15-18-8-11-21(12-9-18)36-17-25(32)28-19-6-4-3-5-7-19/h3-15H,16-17H2,1-2H3,(H,28,32)(H,29,31)/b27-15-. The van der Waals surface area contributed by atoms with E-state index in [0.717, 1.165) is 10.6 Å². The molecule has 3 rings (SSSR count). The minimum absolute atomic E-state index is 0.158. The third-order valence-electron chi connectivity index (χ3n) is 4.82. The quantitative estimate of drug-likeness (QED) is 0.282. The van der Waals surface area contributed by atoms with Crippen molar-refractivity contribution in [1.82, 2.24) is 5.43 Å². The molecule has 3 aromatic carbocycles. The summed E-state index contributed by atoms with van der Waals surface area (Å²) in [4.78, 5) is 24.3. The molecule has 0 aliphatic heterocycles. The van der Waals surface area contributed by atoms with Gasteiger partial charge in [0.15, 0.2) is 6.61 Å². The Balaban J connectivity index is 1.52. The van der Waals surface area contributed by atoms with Gasteiger partial charge in [0.2, 0.25) is 10.0 Å². The number of rotatable bonds is 11. The average Bonchev–Trinajstić information content (AvgIpc) is 2.87. The molecule has 12 heteroatoms. The van der Waals surface area contributed by atoms with Gasteiger partial charge in [0.05, 0.1) is 30.3 Å². The van der Waals surface area contributed by atoms with Gasteiger partial charge in [-0.3, -0.25) is 13.9 Å². The third kappa shape index (κ3) is 8.51. The maximum absolute atomic E-state index is 12.4. The van der Waals surface area contributed by atoms with Crippen LogP contribution in [0, 0.1) is 0 Å². The number of benzene rings is 3. The molecule has 3 aromatic rings. The second kappa shape index (κ2) is 12.7. The molecule has 0 aromatic heterocycles. The Kier molecular flexibility index (Phi) is 9.47. The summed E-state index contributed by atoms with van der Waals surface area (Å²) in [7, 11) is -2.34. The molecule has 0 atom stereocenters. The zero-order valence-electron chi connectivity index (χ0n) is 20.0. The minimum Gasteiger partial charge on any atom is -0.495 e. The molecule has 2 N–H and O–H groups in total. The van der Waals surface area contributed by atoms with Crippen molar-refractivity contribution < 1.29 is 27.5 Å². The van der Waals surface area contributed by atoms with Crippen LogP contribution in [-0.2, 0) is 19.6 Å². The number of carbonyl (C=O) groups excluding carboxylic acids is 2. The van der Waals surface area contributed by atoms with Gasteiger partial charge in [-0.1, -0.05) is 29.8 Å². The van der Waals surface area contributed by atoms with E-state index in [1.54, 1.807) is 36.4 Å². The molecule has 0 heterocycles. The number of anilines is 2. The molecular weight excluding hydrogens is 520 g/mol. The lowest BCUT2D eigenvalue weighted by Crippen LogP contribution is -2.39. The van der Waals surface area contributed by atoms with Gasteiger partial charge in [-0.05, 0) is 60.2 Å². The number of carbonyl (C=O) groups is 2. The molecule has 0 radical (unpaired) electrons. The van der Waals surface area contributed by atoms with Crippen LogP contribution in [0.15, 0.2) is 77.9 Å². The summed E-state index contributed by atoms with van der Waals surface area (Å²) in [5, 5.41) is 6.80. The van der Waals surface area contributed by atoms with Gasteiger partial charge >= 0.3 is 0 Å². The van der Waals surface area contributed by atoms with Crippen molar-refractivity contribution in [3.63, 3.8) is 0 Å². The van der Waals surface area contributed by atoms with Crippen LogP contribution in [0.5, 0.6) is 11.5 Å². The Morgan fingerprint density at radius 1 is 1.03 bits per heavy atom. The van der Waals surface area contributed by atoms with Gasteiger partial charge in [0.25, 0.3) is 11.8 Å². The van der Waals surface area contributed by atoms with Crippen molar-refractivity contribution in [2.75, 3.05) is 36.1 Å². The number of nitrogens with zero attached hydrogens (tertiary/aromatic N) is 2. The molecule has 194 valence electrons. The van der Waals surface area contributed by atoms with Gasteiger partial charge in [0, 0.05) is 5.69 Å². The molecule has 0 saturated heterocycles. The van der Waals surface area contributed by atoms with E-state index < -0.39 is 22.5 Å². The van der Waals surface area contributed by atoms with Gasteiger partial charge in [-0.25, -0.2) is 13.8 Å². The van der Waals surface area contributed by atoms with E-state index >= 15 is 0 Å². The van der Waals surface area contributed by atoms with E-state index in [9.17, 15) is 18.0 Å². The summed E-state index contributed by atoms with van der Waals surface area (Å²) in [5.74, 6) is -0.0938. The summed E-state index contributed by atoms with van der Waals surface area (Å²) in [5.41, 5.74) is 3.83. The van der Waals surface area contributed by atoms with Crippen LogP contribution >= 0.6 is 11.6 Å². The molecule has 37 heavy (non-hydrogen) atoms. The number of hydrazone groups is 1. The van der Waals surface area contributed by atoms with E-state index in [1.165, 1.54) is 31.5 Å². The van der Waals surface area contributed by atoms with E-state index in [1.807, 2.05) is 18.2 Å². The largest absolute Gasteiger partial charge is 0.495 e. The van der Waals surface area contributed by atoms with Crippen LogP contribution in [-0.4, -0.2) is 53.0 Å². The highest BCUT2D eigenvalue weighted by Crippen LogP contribution is 2.30. The number of ether oxygens (including phenoxy) is 2. The smallest absolute Gasteiger partial charge is 0.262 e. The van der Waals surface area contributed by atoms with Crippen molar-refractivity contribution in [1.29, 1.82) is 0 Å². The van der Waals surface area contributed by atoms with Crippen molar-refractivity contribution in [3.05, 3.63) is 83.4 Å². The van der Waals surface area contributed by atoms with Gasteiger partial charge in [0.1, 0.15) is 18.0 Å². The highest BCUT2D eigenvalue weighted by Gasteiger charge is 2.21. The summed E-state index contributed by atoms with van der Waals surface area (Å²) < 4.78 is 35.9. The van der Waals surface area contributed by atoms with E-state index in [2.05, 4.69) is 15.8 Å². The number of para-hydroxylation sites is 1. The minimum atomic E-state index is -3.78. The lowest BCUT2D eigenvalue weighted by Gasteiger charge is -2.21. The summed E-state index contributed by atoms with van der Waals surface area (Å²) in [6.45, 7) is -0.661. The molecule has 0 aliphatic rings. The first-order chi connectivity index (χ1) is 17.7. The highest BCUT2D eigenvalue weighted by molar-refractivity contribution is 7.92. The van der Waals surface area contributed by atoms with Gasteiger partial charge in [-0.15, -0.1) is 0 Å². The fraction of sp³-hybridized carbons (Fsp3) is 0.160. The Morgan fingerprint density at radius 3 is 2.35 bits per heavy atom. The van der Waals surface area contributed by atoms with Crippen LogP contribution in [0.1, 0.15) is 5.56 Å². The molecule has 0 fully saturated rings. The van der Waals surface area contributed by atoms with Gasteiger partial charge < -0.3 is 14.8 Å². The fourth-order valence-electron chi connectivity index (χ4n) is 3.07. The average molecular weight is 545 g/mol. The van der Waals surface area contributed by atoms with Crippen molar-refractivity contribution in [2.45, 2.75) is 0 Å². The Hall–Kier alpha value is -4.09. The first-order valence-electron chi connectivity index (χ1n) is 10.9. The number of hydrogen-bond acceptors (Lipinski definition) is 7. The lowest BCUT2D eigenvalue weighted by molar-refractivity contribution is -0.119. The third-order valence-corrected chi connectivity index (χ3v) is 6.26. The first kappa shape index (κ1) is 27.5. The molecule has 0 bridgehead atoms. The Bertz CT molecular complexity index is 1370. The van der Waals surface area contributed by atoms with E-state index in [0.29, 0.717) is 22.7 Å². The number of sulfonamides is 1. The van der Waals surface area contributed by atoms with Crippen molar-refractivity contribution >= 4 is 51.0 Å². The summed E-state index contributed by atoms with van der Waals surface area (Å²) in [6.07, 6.45) is 2.37. The molecule has 0 spiro atoms. The van der Waals surface area contributed by atoms with Crippen molar-refractivity contribution in [2.24, 2.45) is 5.10 Å². The predicted octanol–water partition coefficient (Wildman–Crippen LogP) is 3.28. The van der Waals surface area contributed by atoms with Gasteiger partial charge in [-0.2, -0.15) is 5.10 Å². The van der Waals surface area contributed by atoms with Crippen molar-refractivity contribution in [3.8, 4) is 11.5 Å². The maximum Gasteiger partial charge on any atom is 0.262 e. The number of hydrogen-bond donors (Lipinski definition) is 2. The number of amides is 2. The predicted molar refractivity (Wildman–Crippen MR) is 143 cm³/mol. The SMILES string of the molecule is COc1ccc(N(CC(=O)N/N=C\c2ccc(OCC(=O)Nc3ccccc3)cc2)S(C)(=O)=O)cc1Cl. The Morgan fingerprint density at radius 2 is 1.73 bits per heavy atom. The molecule has 2 amide bonds. The zero-order valence-corrected chi connectivity index (χ0v) is 21.6. The first-order valence-corrected chi connectivity index (χ1v) is 13.1. The van der Waals surface area contributed by atoms with Crippen LogP contribution in [0.2, 0.25) is 5.02 Å². The summed E-state index contributed by atoms with van der Waals surface area (Å²) in [6, 6.07) is 20.1.